The Morgan fingerprint density at radius 3 is 2.79 bits per heavy atom. The highest BCUT2D eigenvalue weighted by molar-refractivity contribution is 9.10. The number of hydrogen-bond donors (Lipinski definition) is 0. The Labute approximate surface area is 120 Å². The Morgan fingerprint density at radius 2 is 2.11 bits per heavy atom. The van der Waals surface area contributed by atoms with Crippen LogP contribution in [0.1, 0.15) is 5.56 Å². The summed E-state index contributed by atoms with van der Waals surface area (Å²) in [6, 6.07) is 6.22. The molecule has 2 rings (SSSR count). The Morgan fingerprint density at radius 1 is 1.42 bits per heavy atom. The lowest BCUT2D eigenvalue weighted by Crippen LogP contribution is -2.22. The van der Waals surface area contributed by atoms with Gasteiger partial charge in [0.2, 0.25) is 0 Å². The number of nitro groups is 1. The number of nitro benzene ring substituents is 1. The molecule has 0 aliphatic carbocycles. The second-order valence-corrected chi connectivity index (χ2v) is 4.82. The third kappa shape index (κ3) is 2.82. The first-order valence-electron chi connectivity index (χ1n) is 5.13. The van der Waals surface area contributed by atoms with Gasteiger partial charge in [-0.25, -0.2) is 4.98 Å². The quantitative estimate of drug-likeness (QED) is 0.487. The SMILES string of the molecule is O=c1c(Br)c(Cl)ncn1Cc1ccccc1[N+](=O)[O-]. The van der Waals surface area contributed by atoms with Crippen LogP contribution in [0.2, 0.25) is 5.15 Å². The Bertz CT molecular complexity index is 702. The summed E-state index contributed by atoms with van der Waals surface area (Å²) in [5.74, 6) is 0. The molecule has 0 unspecified atom stereocenters. The summed E-state index contributed by atoms with van der Waals surface area (Å²) in [5, 5.41) is 10.9. The molecule has 0 amide bonds. The van der Waals surface area contributed by atoms with Crippen LogP contribution in [0.3, 0.4) is 0 Å². The van der Waals surface area contributed by atoms with E-state index in [1.807, 2.05) is 0 Å². The van der Waals surface area contributed by atoms with E-state index in [-0.39, 0.29) is 21.9 Å². The average Bonchev–Trinajstić information content (AvgIpc) is 2.40. The van der Waals surface area contributed by atoms with E-state index in [9.17, 15) is 14.9 Å². The molecule has 0 spiro atoms. The van der Waals surface area contributed by atoms with Gasteiger partial charge in [0, 0.05) is 11.6 Å². The topological polar surface area (TPSA) is 78.0 Å². The van der Waals surface area contributed by atoms with Crippen molar-refractivity contribution in [2.45, 2.75) is 6.54 Å². The molecule has 98 valence electrons. The largest absolute Gasteiger partial charge is 0.293 e. The highest BCUT2D eigenvalue weighted by Gasteiger charge is 2.14. The summed E-state index contributed by atoms with van der Waals surface area (Å²) in [6.07, 6.45) is 1.26. The van der Waals surface area contributed by atoms with E-state index in [0.717, 1.165) is 0 Å². The van der Waals surface area contributed by atoms with Gasteiger partial charge in [-0.1, -0.05) is 29.8 Å². The fraction of sp³-hybridized carbons (Fsp3) is 0.0909. The summed E-state index contributed by atoms with van der Waals surface area (Å²) in [5.41, 5.74) is -0.00996. The second-order valence-electron chi connectivity index (χ2n) is 3.67. The molecule has 8 heteroatoms. The van der Waals surface area contributed by atoms with E-state index in [1.54, 1.807) is 18.2 Å². The summed E-state index contributed by atoms with van der Waals surface area (Å²) in [7, 11) is 0. The number of para-hydroxylation sites is 1. The minimum atomic E-state index is -0.487. The molecule has 0 aliphatic rings. The molecule has 6 nitrogen and oxygen atoms in total. The van der Waals surface area contributed by atoms with Gasteiger partial charge in [-0.3, -0.25) is 19.5 Å². The van der Waals surface area contributed by atoms with Crippen molar-refractivity contribution < 1.29 is 4.92 Å². The average molecular weight is 345 g/mol. The van der Waals surface area contributed by atoms with Gasteiger partial charge < -0.3 is 0 Å². The van der Waals surface area contributed by atoms with Crippen molar-refractivity contribution in [1.82, 2.24) is 9.55 Å². The van der Waals surface area contributed by atoms with Crippen LogP contribution in [0.25, 0.3) is 0 Å². The van der Waals surface area contributed by atoms with Gasteiger partial charge in [-0.2, -0.15) is 0 Å². The van der Waals surface area contributed by atoms with E-state index < -0.39 is 10.5 Å². The van der Waals surface area contributed by atoms with Crippen molar-refractivity contribution in [3.63, 3.8) is 0 Å². The fourth-order valence-electron chi connectivity index (χ4n) is 1.56. The molecular weight excluding hydrogens is 337 g/mol. The lowest BCUT2D eigenvalue weighted by molar-refractivity contribution is -0.385. The zero-order valence-corrected chi connectivity index (χ0v) is 11.8. The van der Waals surface area contributed by atoms with E-state index in [2.05, 4.69) is 20.9 Å². The van der Waals surface area contributed by atoms with Crippen molar-refractivity contribution in [3.8, 4) is 0 Å². The predicted molar refractivity (Wildman–Crippen MR) is 73.4 cm³/mol. The Balaban J connectivity index is 2.46. The molecule has 1 aromatic carbocycles. The predicted octanol–water partition coefficient (Wildman–Crippen LogP) is 2.62. The maximum atomic E-state index is 11.9. The third-order valence-corrected chi connectivity index (χ3v) is 3.70. The van der Waals surface area contributed by atoms with Crippen LogP contribution in [-0.4, -0.2) is 14.5 Å². The van der Waals surface area contributed by atoms with Crippen LogP contribution < -0.4 is 5.56 Å². The first-order valence-corrected chi connectivity index (χ1v) is 6.30. The van der Waals surface area contributed by atoms with Gasteiger partial charge in [0.25, 0.3) is 11.2 Å². The van der Waals surface area contributed by atoms with Gasteiger partial charge in [-0.15, -0.1) is 0 Å². The van der Waals surface area contributed by atoms with Gasteiger partial charge in [0.1, 0.15) is 4.47 Å². The minimum absolute atomic E-state index is 0.0412. The Hall–Kier alpha value is -1.73. The molecule has 0 bridgehead atoms. The zero-order chi connectivity index (χ0) is 14.0. The number of aromatic nitrogens is 2. The standard InChI is InChI=1S/C11H7BrClN3O3/c12-9-10(13)14-6-15(11(9)17)5-7-3-1-2-4-8(7)16(18)19/h1-4,6H,5H2. The van der Waals surface area contributed by atoms with Crippen LogP contribution in [0.5, 0.6) is 0 Å². The van der Waals surface area contributed by atoms with E-state index in [0.29, 0.717) is 5.56 Å². The molecule has 0 aliphatic heterocycles. The lowest BCUT2D eigenvalue weighted by atomic mass is 10.2. The molecule has 0 atom stereocenters. The van der Waals surface area contributed by atoms with Crippen LogP contribution >= 0.6 is 27.5 Å². The first-order chi connectivity index (χ1) is 9.00. The van der Waals surface area contributed by atoms with Crippen molar-refractivity contribution >= 4 is 33.2 Å². The minimum Gasteiger partial charge on any atom is -0.293 e. The van der Waals surface area contributed by atoms with Crippen molar-refractivity contribution in [1.29, 1.82) is 0 Å². The molecule has 0 radical (unpaired) electrons. The molecule has 0 N–H and O–H groups in total. The summed E-state index contributed by atoms with van der Waals surface area (Å²) in [6.45, 7) is 0.0543. The zero-order valence-electron chi connectivity index (χ0n) is 9.42. The van der Waals surface area contributed by atoms with Crippen LogP contribution in [0, 0.1) is 10.1 Å². The highest BCUT2D eigenvalue weighted by Crippen LogP contribution is 2.19. The van der Waals surface area contributed by atoms with E-state index in [1.165, 1.54) is 17.0 Å². The number of benzene rings is 1. The van der Waals surface area contributed by atoms with Gasteiger partial charge in [0.15, 0.2) is 5.15 Å². The normalized spacial score (nSPS) is 10.4. The molecule has 0 fully saturated rings. The number of nitrogens with zero attached hydrogens (tertiary/aromatic N) is 3. The number of rotatable bonds is 3. The number of halogens is 2. The van der Waals surface area contributed by atoms with Gasteiger partial charge in [0.05, 0.1) is 17.8 Å². The molecule has 0 saturated carbocycles. The molecule has 2 aromatic rings. The third-order valence-electron chi connectivity index (χ3n) is 2.47. The monoisotopic (exact) mass is 343 g/mol. The first kappa shape index (κ1) is 13.7. The summed E-state index contributed by atoms with van der Waals surface area (Å²) < 4.78 is 1.38. The highest BCUT2D eigenvalue weighted by atomic mass is 79.9. The second kappa shape index (κ2) is 5.50. The van der Waals surface area contributed by atoms with Crippen molar-refractivity contribution in [2.24, 2.45) is 0 Å². The maximum absolute atomic E-state index is 11.9. The Kier molecular flexibility index (Phi) is 3.96. The van der Waals surface area contributed by atoms with Crippen LogP contribution in [-0.2, 0) is 6.54 Å². The van der Waals surface area contributed by atoms with Crippen molar-refractivity contribution in [2.75, 3.05) is 0 Å². The molecule has 0 saturated heterocycles. The molecular formula is C11H7BrClN3O3. The van der Waals surface area contributed by atoms with E-state index in [4.69, 9.17) is 11.6 Å². The fourth-order valence-corrected chi connectivity index (χ4v) is 2.02. The molecule has 1 aromatic heterocycles. The van der Waals surface area contributed by atoms with Gasteiger partial charge >= 0.3 is 0 Å². The summed E-state index contributed by atoms with van der Waals surface area (Å²) in [4.78, 5) is 26.1. The van der Waals surface area contributed by atoms with Crippen LogP contribution in [0.4, 0.5) is 5.69 Å². The van der Waals surface area contributed by atoms with Gasteiger partial charge in [-0.05, 0) is 15.9 Å². The van der Waals surface area contributed by atoms with E-state index >= 15 is 0 Å². The summed E-state index contributed by atoms with van der Waals surface area (Å²) >= 11 is 8.72. The number of hydrogen-bond acceptors (Lipinski definition) is 4. The molecule has 1 heterocycles. The van der Waals surface area contributed by atoms with Crippen LogP contribution in [0.15, 0.2) is 39.9 Å². The smallest absolute Gasteiger partial charge is 0.274 e. The lowest BCUT2D eigenvalue weighted by Gasteiger charge is -2.06. The molecule has 19 heavy (non-hydrogen) atoms. The van der Waals surface area contributed by atoms with Crippen molar-refractivity contribution in [3.05, 3.63) is 66.3 Å². The maximum Gasteiger partial charge on any atom is 0.274 e.